The average Bonchev–Trinajstić information content (AvgIpc) is 3.40. The zero-order valence-electron chi connectivity index (χ0n) is 33.5. The number of aliphatic hydroxyl groups excluding tert-OH is 3. The van der Waals surface area contributed by atoms with Crippen molar-refractivity contribution in [3.8, 4) is 0 Å². The fourth-order valence-electron chi connectivity index (χ4n) is 6.72. The maximum atomic E-state index is 12.8. The zero-order valence-corrected chi connectivity index (χ0v) is 34.4. The highest BCUT2D eigenvalue weighted by molar-refractivity contribution is 7.47. The Morgan fingerprint density at radius 3 is 2.07 bits per heavy atom. The van der Waals surface area contributed by atoms with Crippen LogP contribution in [-0.4, -0.2) is 82.7 Å². The number of rotatable bonds is 36. The molecule has 1 aliphatic carbocycles. The fourth-order valence-corrected chi connectivity index (χ4v) is 7.49. The highest BCUT2D eigenvalue weighted by Gasteiger charge is 2.41. The number of hydrogen-bond acceptors (Lipinski definition) is 11. The van der Waals surface area contributed by atoms with Crippen molar-refractivity contribution in [3.05, 3.63) is 24.5 Å². The van der Waals surface area contributed by atoms with E-state index in [0.717, 1.165) is 38.5 Å². The number of allylic oxidation sites excluding steroid dienone is 1. The van der Waals surface area contributed by atoms with E-state index in [9.17, 15) is 34.4 Å². The Kier molecular flexibility index (Phi) is 30.3. The molecule has 0 radical (unpaired) electrons. The summed E-state index contributed by atoms with van der Waals surface area (Å²) in [6.07, 6.45) is 24.8. The number of nitrogens with two attached hydrogens (primary N) is 1. The number of aliphatic hydroxyl groups is 3. The van der Waals surface area contributed by atoms with E-state index in [1.54, 1.807) is 18.4 Å². The van der Waals surface area contributed by atoms with Gasteiger partial charge in [0.2, 0.25) is 0 Å². The van der Waals surface area contributed by atoms with Gasteiger partial charge in [-0.3, -0.25) is 18.6 Å². The maximum Gasteiger partial charge on any atom is 0.472 e. The fraction of sp³-hybridized carbons (Fsp3) is 0.854. The summed E-state index contributed by atoms with van der Waals surface area (Å²) in [4.78, 5) is 35.4. The number of carbonyl (C=O) groups is 2. The predicted octanol–water partition coefficient (Wildman–Crippen LogP) is 7.99. The third-order valence-electron chi connectivity index (χ3n) is 9.92. The highest BCUT2D eigenvalue weighted by Crippen LogP contribution is 2.43. The predicted molar refractivity (Wildman–Crippen MR) is 212 cm³/mol. The smallest absolute Gasteiger partial charge is 0.472 e. The van der Waals surface area contributed by atoms with Gasteiger partial charge in [-0.25, -0.2) is 4.57 Å². The lowest BCUT2D eigenvalue weighted by molar-refractivity contribution is -0.153. The van der Waals surface area contributed by atoms with Crippen LogP contribution in [0.1, 0.15) is 162 Å². The normalized spacial score (nSPS) is 21.1. The van der Waals surface area contributed by atoms with Gasteiger partial charge in [-0.15, -0.1) is 0 Å². The molecule has 54 heavy (non-hydrogen) atoms. The summed E-state index contributed by atoms with van der Waals surface area (Å²) in [5.41, 5.74) is 5.34. The molecule has 0 heterocycles. The molecule has 0 aromatic heterocycles. The minimum absolute atomic E-state index is 0.0189. The van der Waals surface area contributed by atoms with Gasteiger partial charge in [0.25, 0.3) is 0 Å². The SMILES string of the molecule is CCCCCCCCCCCCCC/C=C/OC[C@H](COP(=O)(O)OCCN)OC(=O)CCCCC(=O)C[C@@H]1[C@@H](/C=C/[C@@H](O)CCCCC)[C@H](O)C[C@@H]1O. The van der Waals surface area contributed by atoms with Gasteiger partial charge in [0.05, 0.1) is 37.8 Å². The molecular weight excluding hydrogens is 713 g/mol. The summed E-state index contributed by atoms with van der Waals surface area (Å²) >= 11 is 0. The number of hydrogen-bond donors (Lipinski definition) is 5. The van der Waals surface area contributed by atoms with Crippen molar-refractivity contribution < 1.29 is 52.9 Å². The summed E-state index contributed by atoms with van der Waals surface area (Å²) in [6.45, 7) is 3.69. The van der Waals surface area contributed by atoms with Crippen LogP contribution in [0.5, 0.6) is 0 Å². The Hall–Kier alpha value is -1.63. The molecule has 316 valence electrons. The molecule has 0 amide bonds. The first kappa shape index (κ1) is 50.4. The monoisotopic (exact) mass is 790 g/mol. The largest absolute Gasteiger partial charge is 0.498 e. The molecule has 1 fully saturated rings. The van der Waals surface area contributed by atoms with E-state index in [-0.39, 0.29) is 51.2 Å². The van der Waals surface area contributed by atoms with Crippen LogP contribution >= 0.6 is 7.82 Å². The quantitative estimate of drug-likeness (QED) is 0.0135. The number of ketones is 1. The number of esters is 1. The Balaban J connectivity index is 2.43. The summed E-state index contributed by atoms with van der Waals surface area (Å²) in [5, 5.41) is 31.3. The second-order valence-electron chi connectivity index (χ2n) is 14.9. The molecule has 1 rings (SSSR count). The summed E-state index contributed by atoms with van der Waals surface area (Å²) in [5.74, 6) is -1.49. The lowest BCUT2D eigenvalue weighted by Crippen LogP contribution is -2.28. The first-order valence-electron chi connectivity index (χ1n) is 21.0. The topological polar surface area (TPSA) is 195 Å². The van der Waals surface area contributed by atoms with E-state index >= 15 is 0 Å². The van der Waals surface area contributed by atoms with Crippen LogP contribution < -0.4 is 5.73 Å². The summed E-state index contributed by atoms with van der Waals surface area (Å²) in [6, 6.07) is 0. The van der Waals surface area contributed by atoms with Crippen LogP contribution in [0.25, 0.3) is 0 Å². The average molecular weight is 790 g/mol. The molecule has 0 bridgehead atoms. The van der Waals surface area contributed by atoms with Crippen molar-refractivity contribution in [1.29, 1.82) is 0 Å². The van der Waals surface area contributed by atoms with Gasteiger partial charge in [-0.1, -0.05) is 116 Å². The minimum Gasteiger partial charge on any atom is -0.498 e. The number of Topliss-reactive ketones (excluding diaryl/α,β-unsaturated/α-hetero) is 1. The van der Waals surface area contributed by atoms with E-state index < -0.39 is 56.7 Å². The molecule has 7 atom stereocenters. The number of phosphoric ester groups is 1. The van der Waals surface area contributed by atoms with Gasteiger partial charge < -0.3 is 35.4 Å². The highest BCUT2D eigenvalue weighted by atomic mass is 31.2. The van der Waals surface area contributed by atoms with E-state index in [0.29, 0.717) is 19.3 Å². The van der Waals surface area contributed by atoms with Gasteiger partial charge in [0.1, 0.15) is 12.4 Å². The standard InChI is InChI=1S/C41H76NO11P/c1-3-5-7-8-9-10-11-12-13-14-15-16-17-21-28-50-32-36(33-52-54(48,49)51-29-27-42)53-41(47)24-20-19-23-35(44)30-38-37(39(45)31-40(38)46)26-25-34(43)22-18-6-4-2/h21,25-26,28,34,36-40,43,45-46H,3-20,22-24,27,29-33,42H2,1-2H3,(H,48,49)/b26-25+,28-21+/t34-,36+,37+,38+,39+,40-/m0/s1. The van der Waals surface area contributed by atoms with Gasteiger partial charge in [0.15, 0.2) is 6.10 Å². The van der Waals surface area contributed by atoms with Crippen molar-refractivity contribution in [2.75, 3.05) is 26.4 Å². The maximum absolute atomic E-state index is 12.8. The number of carbonyl (C=O) groups excluding carboxylic acids is 2. The van der Waals surface area contributed by atoms with Crippen molar-refractivity contribution >= 4 is 19.6 Å². The first-order chi connectivity index (χ1) is 26.0. The Morgan fingerprint density at radius 2 is 1.43 bits per heavy atom. The van der Waals surface area contributed by atoms with Crippen LogP contribution in [0.4, 0.5) is 0 Å². The number of phosphoric acid groups is 1. The molecule has 0 aliphatic heterocycles. The third kappa shape index (κ3) is 26.3. The summed E-state index contributed by atoms with van der Waals surface area (Å²) < 4.78 is 33.0. The molecule has 1 saturated carbocycles. The van der Waals surface area contributed by atoms with Crippen LogP contribution in [0.3, 0.4) is 0 Å². The molecular formula is C41H76NO11P. The second-order valence-corrected chi connectivity index (χ2v) is 16.3. The molecule has 1 aliphatic rings. The molecule has 6 N–H and O–H groups in total. The van der Waals surface area contributed by atoms with Crippen molar-refractivity contribution in [1.82, 2.24) is 0 Å². The van der Waals surface area contributed by atoms with Crippen LogP contribution in [0, 0.1) is 11.8 Å². The lowest BCUT2D eigenvalue weighted by atomic mass is 9.87. The van der Waals surface area contributed by atoms with E-state index in [4.69, 9.17) is 24.3 Å². The van der Waals surface area contributed by atoms with Crippen LogP contribution in [0.15, 0.2) is 24.5 Å². The van der Waals surface area contributed by atoms with Crippen molar-refractivity contribution in [2.24, 2.45) is 17.6 Å². The molecule has 0 saturated heterocycles. The number of ether oxygens (including phenoxy) is 2. The van der Waals surface area contributed by atoms with Crippen molar-refractivity contribution in [3.63, 3.8) is 0 Å². The van der Waals surface area contributed by atoms with E-state index in [1.165, 1.54) is 64.2 Å². The minimum atomic E-state index is -4.39. The Bertz CT molecular complexity index is 1060. The Labute approximate surface area is 326 Å². The van der Waals surface area contributed by atoms with Gasteiger partial charge in [-0.05, 0) is 38.2 Å². The molecule has 0 aromatic rings. The first-order valence-corrected chi connectivity index (χ1v) is 22.5. The molecule has 13 heteroatoms. The van der Waals surface area contributed by atoms with Gasteiger partial charge in [0, 0.05) is 44.1 Å². The lowest BCUT2D eigenvalue weighted by Gasteiger charge is -2.20. The Morgan fingerprint density at radius 1 is 0.815 bits per heavy atom. The number of unbranched alkanes of at least 4 members (excludes halogenated alkanes) is 15. The second kappa shape index (κ2) is 32.5. The van der Waals surface area contributed by atoms with Crippen molar-refractivity contribution in [2.45, 2.75) is 186 Å². The molecule has 0 spiro atoms. The third-order valence-corrected chi connectivity index (χ3v) is 10.9. The zero-order chi connectivity index (χ0) is 39.9. The molecule has 1 unspecified atom stereocenters. The van der Waals surface area contributed by atoms with Crippen LogP contribution in [-0.2, 0) is 32.7 Å². The van der Waals surface area contributed by atoms with E-state index in [1.807, 2.05) is 6.08 Å². The van der Waals surface area contributed by atoms with Gasteiger partial charge in [-0.2, -0.15) is 0 Å². The molecule has 12 nitrogen and oxygen atoms in total. The van der Waals surface area contributed by atoms with Gasteiger partial charge >= 0.3 is 13.8 Å². The molecule has 0 aromatic carbocycles. The summed E-state index contributed by atoms with van der Waals surface area (Å²) in [7, 11) is -4.39. The van der Waals surface area contributed by atoms with E-state index in [2.05, 4.69) is 13.8 Å². The van der Waals surface area contributed by atoms with Crippen LogP contribution in [0.2, 0.25) is 0 Å².